The maximum absolute atomic E-state index is 12.9. The van der Waals surface area contributed by atoms with Crippen LogP contribution in [-0.4, -0.2) is 28.5 Å². The van der Waals surface area contributed by atoms with Gasteiger partial charge in [0.15, 0.2) is 11.2 Å². The number of allylic oxidation sites excluding steroid dienone is 2. The highest BCUT2D eigenvalue weighted by molar-refractivity contribution is 5.72. The van der Waals surface area contributed by atoms with E-state index in [1.54, 1.807) is 29.4 Å². The molecule has 0 aliphatic carbocycles. The molecule has 3 aromatic rings. The van der Waals surface area contributed by atoms with Crippen molar-refractivity contribution in [2.45, 2.75) is 40.2 Å². The molecule has 3 rings (SSSR count). The van der Waals surface area contributed by atoms with Gasteiger partial charge < -0.3 is 4.57 Å². The molecule has 0 amide bonds. The number of imidazole rings is 1. The van der Waals surface area contributed by atoms with Crippen molar-refractivity contribution in [2.75, 3.05) is 0 Å². The highest BCUT2D eigenvalue weighted by atomic mass is 16.2. The maximum atomic E-state index is 12.9. The molecule has 0 aliphatic rings. The van der Waals surface area contributed by atoms with Crippen LogP contribution in [0.1, 0.15) is 32.2 Å². The van der Waals surface area contributed by atoms with Crippen molar-refractivity contribution in [3.8, 4) is 5.95 Å². The molecule has 0 saturated carbocycles. The van der Waals surface area contributed by atoms with Gasteiger partial charge >= 0.3 is 5.69 Å². The minimum Gasteiger partial charge on any atom is -0.306 e. The van der Waals surface area contributed by atoms with E-state index in [4.69, 9.17) is 0 Å². The lowest BCUT2D eigenvalue weighted by atomic mass is 10.3. The molecule has 0 aliphatic heterocycles. The summed E-state index contributed by atoms with van der Waals surface area (Å²) < 4.78 is 6.11. The summed E-state index contributed by atoms with van der Waals surface area (Å²) in [6.07, 6.45) is 5.20. The third-order valence-electron chi connectivity index (χ3n) is 4.61. The largest absolute Gasteiger partial charge is 0.332 e. The van der Waals surface area contributed by atoms with Gasteiger partial charge in [0.1, 0.15) is 0 Å². The summed E-state index contributed by atoms with van der Waals surface area (Å²) in [6, 6.07) is 2.04. The van der Waals surface area contributed by atoms with Gasteiger partial charge in [-0.25, -0.2) is 9.48 Å². The molecule has 0 saturated heterocycles. The predicted octanol–water partition coefficient (Wildman–Crippen LogP) is 1.32. The summed E-state index contributed by atoms with van der Waals surface area (Å²) in [5.41, 5.74) is 2.01. The van der Waals surface area contributed by atoms with Crippen LogP contribution < -0.4 is 11.2 Å². The van der Waals surface area contributed by atoms with E-state index in [1.165, 1.54) is 9.13 Å². The number of aromatic nitrogens is 6. The molecule has 8 heteroatoms. The van der Waals surface area contributed by atoms with E-state index in [9.17, 15) is 9.59 Å². The molecule has 0 unspecified atom stereocenters. The lowest BCUT2D eigenvalue weighted by molar-refractivity contribution is 0.664. The second kappa shape index (κ2) is 6.78. The molecule has 0 bridgehead atoms. The molecule has 0 fully saturated rings. The molecule has 3 heterocycles. The van der Waals surface area contributed by atoms with Crippen LogP contribution in [-0.2, 0) is 33.5 Å². The second-order valence-corrected chi connectivity index (χ2v) is 6.22. The molecule has 0 atom stereocenters. The average Bonchev–Trinajstić information content (AvgIpc) is 3.20. The lowest BCUT2D eigenvalue weighted by Crippen LogP contribution is -2.39. The van der Waals surface area contributed by atoms with Crippen LogP contribution in [0.15, 0.2) is 27.8 Å². The van der Waals surface area contributed by atoms with E-state index in [1.807, 2.05) is 26.0 Å². The van der Waals surface area contributed by atoms with Crippen molar-refractivity contribution in [1.29, 1.82) is 0 Å². The van der Waals surface area contributed by atoms with Gasteiger partial charge in [-0.2, -0.15) is 10.1 Å². The van der Waals surface area contributed by atoms with Gasteiger partial charge in [-0.3, -0.25) is 13.9 Å². The SMILES string of the molecule is C/C=C/Cn1c(=O)c2c(nc(-n3nc(CC)cc3CC)n2C)n(C)c1=O. The zero-order chi connectivity index (χ0) is 19.0. The summed E-state index contributed by atoms with van der Waals surface area (Å²) in [7, 11) is 3.41. The van der Waals surface area contributed by atoms with E-state index in [0.29, 0.717) is 17.1 Å². The average molecular weight is 356 g/mol. The second-order valence-electron chi connectivity index (χ2n) is 6.22. The van der Waals surface area contributed by atoms with Gasteiger partial charge in [0.25, 0.3) is 5.56 Å². The summed E-state index contributed by atoms with van der Waals surface area (Å²) in [4.78, 5) is 30.1. The lowest BCUT2D eigenvalue weighted by Gasteiger charge is -2.07. The number of hydrogen-bond acceptors (Lipinski definition) is 4. The number of aryl methyl sites for hydroxylation is 4. The van der Waals surface area contributed by atoms with E-state index < -0.39 is 0 Å². The summed E-state index contributed by atoms with van der Waals surface area (Å²) >= 11 is 0. The number of rotatable bonds is 5. The fraction of sp³-hybridized carbons (Fsp3) is 0.444. The fourth-order valence-corrected chi connectivity index (χ4v) is 3.07. The van der Waals surface area contributed by atoms with Gasteiger partial charge in [0, 0.05) is 26.3 Å². The maximum Gasteiger partial charge on any atom is 0.332 e. The highest BCUT2D eigenvalue weighted by Crippen LogP contribution is 2.16. The first-order valence-corrected chi connectivity index (χ1v) is 8.80. The van der Waals surface area contributed by atoms with Crippen LogP contribution >= 0.6 is 0 Å². The first-order valence-electron chi connectivity index (χ1n) is 8.80. The van der Waals surface area contributed by atoms with E-state index in [-0.39, 0.29) is 17.8 Å². The van der Waals surface area contributed by atoms with Crippen molar-refractivity contribution in [3.63, 3.8) is 0 Å². The zero-order valence-corrected chi connectivity index (χ0v) is 15.9. The Morgan fingerprint density at radius 2 is 1.85 bits per heavy atom. The van der Waals surface area contributed by atoms with Crippen molar-refractivity contribution in [2.24, 2.45) is 14.1 Å². The molecule has 26 heavy (non-hydrogen) atoms. The van der Waals surface area contributed by atoms with Crippen LogP contribution in [0.4, 0.5) is 0 Å². The van der Waals surface area contributed by atoms with Crippen LogP contribution in [0.25, 0.3) is 17.1 Å². The standard InChI is InChI=1S/C18H24N6O2/c1-6-9-10-23-16(25)14-15(22(5)18(23)26)19-17(21(14)4)24-13(8-3)11-12(7-2)20-24/h6,9,11H,7-8,10H2,1-5H3/b9-6+. The van der Waals surface area contributed by atoms with E-state index in [2.05, 4.69) is 17.0 Å². The monoisotopic (exact) mass is 356 g/mol. The minimum absolute atomic E-state index is 0.237. The molecule has 0 radical (unpaired) electrons. The smallest absolute Gasteiger partial charge is 0.306 e. The first kappa shape index (κ1) is 17.9. The molecular formula is C18H24N6O2. The highest BCUT2D eigenvalue weighted by Gasteiger charge is 2.20. The van der Waals surface area contributed by atoms with E-state index in [0.717, 1.165) is 24.2 Å². The number of nitrogens with zero attached hydrogens (tertiary/aromatic N) is 6. The quantitative estimate of drug-likeness (QED) is 0.646. The molecule has 3 aromatic heterocycles. The first-order chi connectivity index (χ1) is 12.4. The Labute approximate surface area is 151 Å². The minimum atomic E-state index is -0.379. The summed E-state index contributed by atoms with van der Waals surface area (Å²) in [6.45, 7) is 6.19. The van der Waals surface area contributed by atoms with Crippen LogP contribution in [0.5, 0.6) is 0 Å². The Bertz CT molecular complexity index is 1110. The Hall–Kier alpha value is -2.90. The van der Waals surface area contributed by atoms with Crippen molar-refractivity contribution in [3.05, 3.63) is 50.4 Å². The Kier molecular flexibility index (Phi) is 4.67. The molecule has 138 valence electrons. The van der Waals surface area contributed by atoms with Crippen LogP contribution in [0.2, 0.25) is 0 Å². The topological polar surface area (TPSA) is 79.6 Å². The van der Waals surface area contributed by atoms with Gasteiger partial charge in [-0.05, 0) is 25.8 Å². The third-order valence-corrected chi connectivity index (χ3v) is 4.61. The zero-order valence-electron chi connectivity index (χ0n) is 15.9. The normalized spacial score (nSPS) is 11.9. The molecule has 8 nitrogen and oxygen atoms in total. The summed E-state index contributed by atoms with van der Waals surface area (Å²) in [5.74, 6) is 0.535. The van der Waals surface area contributed by atoms with Gasteiger partial charge in [-0.15, -0.1) is 0 Å². The number of fused-ring (bicyclic) bond motifs is 1. The van der Waals surface area contributed by atoms with Crippen molar-refractivity contribution in [1.82, 2.24) is 28.5 Å². The third kappa shape index (κ3) is 2.61. The van der Waals surface area contributed by atoms with Gasteiger partial charge in [0.05, 0.1) is 5.69 Å². The molecular weight excluding hydrogens is 332 g/mol. The van der Waals surface area contributed by atoms with E-state index >= 15 is 0 Å². The summed E-state index contributed by atoms with van der Waals surface area (Å²) in [5, 5.41) is 4.61. The molecule has 0 spiro atoms. The Balaban J connectivity index is 2.35. The number of hydrogen-bond donors (Lipinski definition) is 0. The van der Waals surface area contributed by atoms with Gasteiger partial charge in [0.2, 0.25) is 5.95 Å². The fourth-order valence-electron chi connectivity index (χ4n) is 3.07. The Morgan fingerprint density at radius 1 is 1.12 bits per heavy atom. The Morgan fingerprint density at radius 3 is 2.46 bits per heavy atom. The predicted molar refractivity (Wildman–Crippen MR) is 101 cm³/mol. The molecule has 0 aromatic carbocycles. The van der Waals surface area contributed by atoms with Crippen molar-refractivity contribution >= 4 is 11.2 Å². The molecule has 0 N–H and O–H groups in total. The van der Waals surface area contributed by atoms with Crippen LogP contribution in [0.3, 0.4) is 0 Å². The van der Waals surface area contributed by atoms with Gasteiger partial charge in [-0.1, -0.05) is 26.0 Å². The van der Waals surface area contributed by atoms with Crippen molar-refractivity contribution < 1.29 is 0 Å². The van der Waals surface area contributed by atoms with Crippen LogP contribution in [0, 0.1) is 0 Å².